The van der Waals surface area contributed by atoms with E-state index in [1.807, 2.05) is 6.07 Å². The summed E-state index contributed by atoms with van der Waals surface area (Å²) in [5.74, 6) is 0.351. The van der Waals surface area contributed by atoms with Crippen LogP contribution in [0.25, 0.3) is 0 Å². The average Bonchev–Trinajstić information content (AvgIpc) is 2.49. The Bertz CT molecular complexity index is 596. The van der Waals surface area contributed by atoms with Crippen molar-refractivity contribution in [2.45, 2.75) is 31.8 Å². The third-order valence-electron chi connectivity index (χ3n) is 4.48. The predicted octanol–water partition coefficient (Wildman–Crippen LogP) is 1.80. The molecule has 0 saturated carbocycles. The van der Waals surface area contributed by atoms with Crippen molar-refractivity contribution in [3.8, 4) is 6.07 Å². The third kappa shape index (κ3) is 3.06. The number of hydrogen-bond donors (Lipinski definition) is 1. The van der Waals surface area contributed by atoms with Crippen molar-refractivity contribution in [1.82, 2.24) is 10.2 Å². The van der Waals surface area contributed by atoms with Crippen LogP contribution in [-0.2, 0) is 11.3 Å². The monoisotopic (exact) mass is 287 g/mol. The van der Waals surface area contributed by atoms with Gasteiger partial charge in [-0.1, -0.05) is 0 Å². The number of nitrogens with zero attached hydrogens (tertiary/aromatic N) is 2. The summed E-state index contributed by atoms with van der Waals surface area (Å²) in [5, 5.41) is 12.0. The van der Waals surface area contributed by atoms with Crippen LogP contribution >= 0.6 is 0 Å². The van der Waals surface area contributed by atoms with Crippen LogP contribution in [-0.4, -0.2) is 29.9 Å². The van der Waals surface area contributed by atoms with Gasteiger partial charge in [-0.05, 0) is 37.0 Å². The lowest BCUT2D eigenvalue weighted by Crippen LogP contribution is -2.53. The molecule has 0 aliphatic carbocycles. The first-order valence-electron chi connectivity index (χ1n) is 7.36. The molecule has 0 bridgehead atoms. The van der Waals surface area contributed by atoms with Crippen molar-refractivity contribution in [3.05, 3.63) is 35.1 Å². The number of carbonyl (C=O) groups is 1. The molecule has 2 atom stereocenters. The van der Waals surface area contributed by atoms with Crippen molar-refractivity contribution in [1.29, 1.82) is 5.26 Å². The zero-order valence-electron chi connectivity index (χ0n) is 11.8. The molecule has 2 aliphatic rings. The summed E-state index contributed by atoms with van der Waals surface area (Å²) < 4.78 is 13.9. The zero-order valence-corrected chi connectivity index (χ0v) is 11.8. The summed E-state index contributed by atoms with van der Waals surface area (Å²) in [6.07, 6.45) is 2.41. The summed E-state index contributed by atoms with van der Waals surface area (Å²) >= 11 is 0. The van der Waals surface area contributed by atoms with Gasteiger partial charge in [0.05, 0.1) is 11.6 Å². The first-order chi connectivity index (χ1) is 10.2. The van der Waals surface area contributed by atoms with E-state index in [2.05, 4.69) is 10.2 Å². The fraction of sp³-hybridized carbons (Fsp3) is 0.500. The summed E-state index contributed by atoms with van der Waals surface area (Å²) in [4.78, 5) is 13.6. The number of amides is 1. The number of rotatable bonds is 2. The minimum absolute atomic E-state index is 0.150. The molecule has 2 aliphatic heterocycles. The first-order valence-corrected chi connectivity index (χ1v) is 7.36. The Morgan fingerprint density at radius 3 is 3.10 bits per heavy atom. The molecule has 0 aromatic heterocycles. The molecule has 1 N–H and O–H groups in total. The Balaban J connectivity index is 1.67. The van der Waals surface area contributed by atoms with Crippen molar-refractivity contribution in [2.24, 2.45) is 5.92 Å². The topological polar surface area (TPSA) is 56.1 Å². The number of nitrogens with one attached hydrogen (secondary N) is 1. The maximum absolute atomic E-state index is 13.9. The van der Waals surface area contributed by atoms with Gasteiger partial charge in [0, 0.05) is 37.7 Å². The first kappa shape index (κ1) is 14.0. The number of likely N-dealkylation sites (tertiary alicyclic amines) is 1. The molecule has 2 heterocycles. The van der Waals surface area contributed by atoms with Gasteiger partial charge in [0.25, 0.3) is 0 Å². The molecular weight excluding hydrogens is 269 g/mol. The van der Waals surface area contributed by atoms with E-state index in [1.54, 1.807) is 6.07 Å². The lowest BCUT2D eigenvalue weighted by Gasteiger charge is -2.41. The second kappa shape index (κ2) is 5.82. The van der Waals surface area contributed by atoms with E-state index >= 15 is 0 Å². The molecule has 1 amide bonds. The van der Waals surface area contributed by atoms with Gasteiger partial charge in [-0.15, -0.1) is 0 Å². The van der Waals surface area contributed by atoms with Gasteiger partial charge in [-0.3, -0.25) is 9.69 Å². The maximum Gasteiger partial charge on any atom is 0.220 e. The van der Waals surface area contributed by atoms with E-state index in [9.17, 15) is 9.18 Å². The number of fused-ring (bicyclic) bond motifs is 1. The van der Waals surface area contributed by atoms with Crippen molar-refractivity contribution < 1.29 is 9.18 Å². The molecule has 2 unspecified atom stereocenters. The predicted molar refractivity (Wildman–Crippen MR) is 75.7 cm³/mol. The van der Waals surface area contributed by atoms with E-state index in [4.69, 9.17) is 5.26 Å². The number of halogens is 1. The Kier molecular flexibility index (Phi) is 3.89. The van der Waals surface area contributed by atoms with Crippen molar-refractivity contribution >= 4 is 5.91 Å². The molecule has 1 aromatic rings. The summed E-state index contributed by atoms with van der Waals surface area (Å²) in [7, 11) is 0. The van der Waals surface area contributed by atoms with Crippen LogP contribution < -0.4 is 5.32 Å². The molecule has 2 fully saturated rings. The normalized spacial score (nSPS) is 25.8. The minimum Gasteiger partial charge on any atom is -0.353 e. The Labute approximate surface area is 123 Å². The summed E-state index contributed by atoms with van der Waals surface area (Å²) in [5.41, 5.74) is 1.07. The van der Waals surface area contributed by atoms with E-state index < -0.39 is 0 Å². The van der Waals surface area contributed by atoms with Crippen LogP contribution in [0, 0.1) is 23.1 Å². The van der Waals surface area contributed by atoms with Gasteiger partial charge in [0.2, 0.25) is 5.91 Å². The highest BCUT2D eigenvalue weighted by atomic mass is 19.1. The summed E-state index contributed by atoms with van der Waals surface area (Å²) in [6.45, 7) is 2.25. The van der Waals surface area contributed by atoms with Crippen LogP contribution in [0.3, 0.4) is 0 Å². The highest BCUT2D eigenvalue weighted by molar-refractivity contribution is 5.77. The Morgan fingerprint density at radius 1 is 1.43 bits per heavy atom. The van der Waals surface area contributed by atoms with Gasteiger partial charge >= 0.3 is 0 Å². The highest BCUT2D eigenvalue weighted by Crippen LogP contribution is 2.26. The largest absolute Gasteiger partial charge is 0.353 e. The SMILES string of the molecule is N#Cc1ccc(F)c(CN2CCC3NC(=O)CCC3C2)c1. The van der Waals surface area contributed by atoms with Gasteiger partial charge in [0.1, 0.15) is 5.82 Å². The van der Waals surface area contributed by atoms with Crippen molar-refractivity contribution in [2.75, 3.05) is 13.1 Å². The number of hydrogen-bond acceptors (Lipinski definition) is 3. The molecular formula is C16H18FN3O. The number of nitriles is 1. The van der Waals surface area contributed by atoms with E-state index in [0.29, 0.717) is 30.0 Å². The third-order valence-corrected chi connectivity index (χ3v) is 4.48. The van der Waals surface area contributed by atoms with Crippen LogP contribution in [0.5, 0.6) is 0 Å². The molecule has 4 nitrogen and oxygen atoms in total. The maximum atomic E-state index is 13.9. The smallest absolute Gasteiger partial charge is 0.220 e. The molecule has 5 heteroatoms. The lowest BCUT2D eigenvalue weighted by molar-refractivity contribution is -0.125. The number of piperidine rings is 2. The van der Waals surface area contributed by atoms with Crippen LogP contribution in [0.2, 0.25) is 0 Å². The average molecular weight is 287 g/mol. The molecule has 0 radical (unpaired) electrons. The number of carbonyl (C=O) groups excluding carboxylic acids is 1. The van der Waals surface area contributed by atoms with Gasteiger partial charge in [-0.2, -0.15) is 5.26 Å². The molecule has 0 spiro atoms. The second-order valence-electron chi connectivity index (χ2n) is 5.91. The van der Waals surface area contributed by atoms with Gasteiger partial charge < -0.3 is 5.32 Å². The fourth-order valence-corrected chi connectivity index (χ4v) is 3.34. The molecule has 110 valence electrons. The fourth-order valence-electron chi connectivity index (χ4n) is 3.34. The van der Waals surface area contributed by atoms with Crippen LogP contribution in [0.15, 0.2) is 18.2 Å². The van der Waals surface area contributed by atoms with E-state index in [1.165, 1.54) is 12.1 Å². The minimum atomic E-state index is -0.256. The highest BCUT2D eigenvalue weighted by Gasteiger charge is 2.33. The zero-order chi connectivity index (χ0) is 14.8. The quantitative estimate of drug-likeness (QED) is 0.902. The Morgan fingerprint density at radius 2 is 2.29 bits per heavy atom. The lowest BCUT2D eigenvalue weighted by atomic mass is 9.85. The van der Waals surface area contributed by atoms with Crippen LogP contribution in [0.4, 0.5) is 4.39 Å². The second-order valence-corrected chi connectivity index (χ2v) is 5.91. The van der Waals surface area contributed by atoms with E-state index in [0.717, 1.165) is 25.9 Å². The van der Waals surface area contributed by atoms with Crippen molar-refractivity contribution in [3.63, 3.8) is 0 Å². The molecule has 2 saturated heterocycles. The number of benzene rings is 1. The van der Waals surface area contributed by atoms with Gasteiger partial charge in [0.15, 0.2) is 0 Å². The van der Waals surface area contributed by atoms with E-state index in [-0.39, 0.29) is 17.8 Å². The Hall–Kier alpha value is -1.93. The van der Waals surface area contributed by atoms with Gasteiger partial charge in [-0.25, -0.2) is 4.39 Å². The van der Waals surface area contributed by atoms with Crippen LogP contribution in [0.1, 0.15) is 30.4 Å². The standard InChI is InChI=1S/C16H18FN3O/c17-14-3-1-11(8-18)7-13(14)10-20-6-5-15-12(9-20)2-4-16(21)19-15/h1,3,7,12,15H,2,4-6,9-10H2,(H,19,21). The summed E-state index contributed by atoms with van der Waals surface area (Å²) in [6, 6.07) is 6.82. The molecule has 1 aromatic carbocycles. The molecule has 3 rings (SSSR count). The molecule has 21 heavy (non-hydrogen) atoms.